The highest BCUT2D eigenvalue weighted by Crippen LogP contribution is 2.18. The number of nitrogens with zero attached hydrogens (tertiary/aromatic N) is 2. The van der Waals surface area contributed by atoms with Crippen LogP contribution in [0.1, 0.15) is 42.7 Å². The Hall–Kier alpha value is -0.450. The van der Waals surface area contributed by atoms with Crippen LogP contribution in [0.4, 0.5) is 0 Å². The number of hydrogen-bond acceptors (Lipinski definition) is 4. The lowest BCUT2D eigenvalue weighted by Gasteiger charge is -2.15. The molecule has 0 bridgehead atoms. The molecule has 18 heavy (non-hydrogen) atoms. The Morgan fingerprint density at radius 3 is 2.89 bits per heavy atom. The Kier molecular flexibility index (Phi) is 5.60. The van der Waals surface area contributed by atoms with Gasteiger partial charge in [-0.3, -0.25) is 0 Å². The zero-order valence-corrected chi connectivity index (χ0v) is 12.4. The fourth-order valence-electron chi connectivity index (χ4n) is 2.08. The molecule has 102 valence electrons. The fourth-order valence-corrected chi connectivity index (χ4v) is 2.94. The predicted molar refractivity (Wildman–Crippen MR) is 78.1 cm³/mol. The van der Waals surface area contributed by atoms with Crippen LogP contribution in [-0.4, -0.2) is 36.1 Å². The molecule has 1 aliphatic carbocycles. The molecule has 0 radical (unpaired) electrons. The summed E-state index contributed by atoms with van der Waals surface area (Å²) in [5.74, 6) is 0. The zero-order valence-electron chi connectivity index (χ0n) is 11.6. The van der Waals surface area contributed by atoms with E-state index in [-0.39, 0.29) is 0 Å². The Labute approximate surface area is 115 Å². The van der Waals surface area contributed by atoms with Crippen LogP contribution in [0, 0.1) is 6.92 Å². The zero-order chi connectivity index (χ0) is 12.8. The van der Waals surface area contributed by atoms with Crippen molar-refractivity contribution in [2.24, 2.45) is 0 Å². The van der Waals surface area contributed by atoms with Crippen molar-refractivity contribution in [1.29, 1.82) is 0 Å². The monoisotopic (exact) mass is 267 g/mol. The van der Waals surface area contributed by atoms with Gasteiger partial charge in [0, 0.05) is 17.5 Å². The highest BCUT2D eigenvalue weighted by Gasteiger charge is 2.19. The molecule has 1 aliphatic rings. The summed E-state index contributed by atoms with van der Waals surface area (Å²) in [7, 11) is 2.21. The highest BCUT2D eigenvalue weighted by atomic mass is 32.1. The van der Waals surface area contributed by atoms with E-state index in [2.05, 4.69) is 29.2 Å². The Morgan fingerprint density at radius 2 is 2.22 bits per heavy atom. The third kappa shape index (κ3) is 5.04. The van der Waals surface area contributed by atoms with E-state index in [0.717, 1.165) is 12.6 Å². The molecule has 0 amide bonds. The number of unbranched alkanes of at least 4 members (excludes halogenated alkanes) is 2. The smallest absolute Gasteiger partial charge is 0.0798 e. The number of aromatic nitrogens is 1. The number of nitrogens with one attached hydrogen (secondary N) is 1. The van der Waals surface area contributed by atoms with E-state index in [9.17, 15) is 0 Å². The van der Waals surface area contributed by atoms with Gasteiger partial charge in [-0.05, 0) is 52.7 Å². The maximum Gasteiger partial charge on any atom is 0.0798 e. The lowest BCUT2D eigenvalue weighted by molar-refractivity contribution is 0.318. The Bertz CT molecular complexity index is 347. The van der Waals surface area contributed by atoms with Crippen molar-refractivity contribution in [3.05, 3.63) is 16.1 Å². The Morgan fingerprint density at radius 1 is 1.39 bits per heavy atom. The first kappa shape index (κ1) is 14.0. The molecular formula is C14H25N3S. The molecule has 1 aromatic heterocycles. The SMILES string of the molecule is Cc1ncsc1CN(C)CCCCCNC1CC1. The summed E-state index contributed by atoms with van der Waals surface area (Å²) in [6, 6.07) is 0.863. The van der Waals surface area contributed by atoms with E-state index in [1.165, 1.54) is 55.8 Å². The lowest BCUT2D eigenvalue weighted by atomic mass is 10.2. The van der Waals surface area contributed by atoms with Crippen LogP contribution in [0.5, 0.6) is 0 Å². The molecule has 1 saturated carbocycles. The Balaban J connectivity index is 1.49. The van der Waals surface area contributed by atoms with Gasteiger partial charge in [0.25, 0.3) is 0 Å². The van der Waals surface area contributed by atoms with Gasteiger partial charge in [0.1, 0.15) is 0 Å². The van der Waals surface area contributed by atoms with E-state index < -0.39 is 0 Å². The number of hydrogen-bond donors (Lipinski definition) is 1. The molecule has 3 nitrogen and oxygen atoms in total. The molecule has 0 aliphatic heterocycles. The van der Waals surface area contributed by atoms with Crippen molar-refractivity contribution < 1.29 is 0 Å². The topological polar surface area (TPSA) is 28.2 Å². The first-order chi connectivity index (χ1) is 8.75. The summed E-state index contributed by atoms with van der Waals surface area (Å²) in [5, 5.41) is 3.57. The van der Waals surface area contributed by atoms with Gasteiger partial charge in [0.15, 0.2) is 0 Å². The summed E-state index contributed by atoms with van der Waals surface area (Å²) in [6.07, 6.45) is 6.77. The quantitative estimate of drug-likeness (QED) is 0.697. The highest BCUT2D eigenvalue weighted by molar-refractivity contribution is 7.09. The second kappa shape index (κ2) is 7.22. The second-order valence-electron chi connectivity index (χ2n) is 5.39. The third-order valence-electron chi connectivity index (χ3n) is 3.49. The summed E-state index contributed by atoms with van der Waals surface area (Å²) < 4.78 is 0. The van der Waals surface area contributed by atoms with Gasteiger partial charge in [-0.15, -0.1) is 11.3 Å². The van der Waals surface area contributed by atoms with Crippen LogP contribution in [0.3, 0.4) is 0 Å². The minimum absolute atomic E-state index is 0.863. The van der Waals surface area contributed by atoms with Crippen molar-refractivity contribution in [3.8, 4) is 0 Å². The minimum Gasteiger partial charge on any atom is -0.314 e. The minimum atomic E-state index is 0.863. The molecule has 1 N–H and O–H groups in total. The molecule has 0 atom stereocenters. The van der Waals surface area contributed by atoms with E-state index >= 15 is 0 Å². The van der Waals surface area contributed by atoms with Gasteiger partial charge >= 0.3 is 0 Å². The molecule has 0 saturated heterocycles. The van der Waals surface area contributed by atoms with Gasteiger partial charge in [-0.2, -0.15) is 0 Å². The number of rotatable bonds is 9. The lowest BCUT2D eigenvalue weighted by Crippen LogP contribution is -2.20. The molecule has 4 heteroatoms. The first-order valence-corrected chi connectivity index (χ1v) is 7.94. The van der Waals surface area contributed by atoms with E-state index in [0.29, 0.717) is 0 Å². The van der Waals surface area contributed by atoms with Gasteiger partial charge in [0.2, 0.25) is 0 Å². The summed E-state index contributed by atoms with van der Waals surface area (Å²) in [6.45, 7) is 5.56. The van der Waals surface area contributed by atoms with Crippen molar-refractivity contribution in [2.75, 3.05) is 20.1 Å². The van der Waals surface area contributed by atoms with Gasteiger partial charge in [0.05, 0.1) is 11.2 Å². The van der Waals surface area contributed by atoms with E-state index in [1.54, 1.807) is 11.3 Å². The van der Waals surface area contributed by atoms with Crippen LogP contribution in [0.25, 0.3) is 0 Å². The third-order valence-corrected chi connectivity index (χ3v) is 4.41. The average Bonchev–Trinajstić information content (AvgIpc) is 3.09. The standard InChI is InChI=1S/C14H25N3S/c1-12-14(18-11-16-12)10-17(2)9-5-3-4-8-15-13-6-7-13/h11,13,15H,3-10H2,1-2H3. The molecular weight excluding hydrogens is 242 g/mol. The summed E-state index contributed by atoms with van der Waals surface area (Å²) in [4.78, 5) is 8.12. The predicted octanol–water partition coefficient (Wildman–Crippen LogP) is 2.81. The molecule has 1 fully saturated rings. The normalized spacial score (nSPS) is 15.5. The average molecular weight is 267 g/mol. The summed E-state index contributed by atoms with van der Waals surface area (Å²) in [5.41, 5.74) is 3.14. The van der Waals surface area contributed by atoms with Crippen LogP contribution < -0.4 is 5.32 Å². The van der Waals surface area contributed by atoms with Gasteiger partial charge in [-0.25, -0.2) is 4.98 Å². The molecule has 0 aromatic carbocycles. The van der Waals surface area contributed by atoms with E-state index in [1.807, 2.05) is 5.51 Å². The largest absolute Gasteiger partial charge is 0.314 e. The molecule has 1 aromatic rings. The molecule has 2 rings (SSSR count). The number of aryl methyl sites for hydroxylation is 1. The summed E-state index contributed by atoms with van der Waals surface area (Å²) >= 11 is 1.77. The van der Waals surface area contributed by atoms with Gasteiger partial charge in [-0.1, -0.05) is 6.42 Å². The van der Waals surface area contributed by atoms with Crippen molar-refractivity contribution >= 4 is 11.3 Å². The van der Waals surface area contributed by atoms with Crippen molar-refractivity contribution in [2.45, 2.75) is 51.6 Å². The van der Waals surface area contributed by atoms with Crippen molar-refractivity contribution in [3.63, 3.8) is 0 Å². The van der Waals surface area contributed by atoms with E-state index in [4.69, 9.17) is 0 Å². The van der Waals surface area contributed by atoms with Crippen LogP contribution >= 0.6 is 11.3 Å². The maximum absolute atomic E-state index is 4.30. The molecule has 0 unspecified atom stereocenters. The number of thiazole rings is 1. The van der Waals surface area contributed by atoms with Gasteiger partial charge < -0.3 is 10.2 Å². The van der Waals surface area contributed by atoms with Crippen LogP contribution in [-0.2, 0) is 6.54 Å². The first-order valence-electron chi connectivity index (χ1n) is 7.06. The maximum atomic E-state index is 4.30. The van der Waals surface area contributed by atoms with Crippen molar-refractivity contribution in [1.82, 2.24) is 15.2 Å². The molecule has 1 heterocycles. The van der Waals surface area contributed by atoms with Crippen LogP contribution in [0.2, 0.25) is 0 Å². The fraction of sp³-hybridized carbons (Fsp3) is 0.786. The molecule has 0 spiro atoms. The second-order valence-corrected chi connectivity index (χ2v) is 6.33. The van der Waals surface area contributed by atoms with Crippen LogP contribution in [0.15, 0.2) is 5.51 Å².